The number of aromatic nitrogens is 3. The SMILES string of the molecule is COC(=O)c1cccc(NC(=O)CSc2n[nH]c(-c3ccc(C(C)(C)C)cc3)n2)c1. The maximum atomic E-state index is 12.2. The van der Waals surface area contributed by atoms with E-state index in [1.807, 2.05) is 12.1 Å². The van der Waals surface area contributed by atoms with Crippen LogP contribution in [0.15, 0.2) is 53.7 Å². The molecular weight excluding hydrogens is 400 g/mol. The van der Waals surface area contributed by atoms with E-state index in [2.05, 4.69) is 58.1 Å². The molecule has 0 saturated carbocycles. The summed E-state index contributed by atoms with van der Waals surface area (Å²) in [5.41, 5.74) is 3.17. The van der Waals surface area contributed by atoms with Crippen molar-refractivity contribution in [3.8, 4) is 11.4 Å². The van der Waals surface area contributed by atoms with Gasteiger partial charge in [0.1, 0.15) is 0 Å². The van der Waals surface area contributed by atoms with Crippen molar-refractivity contribution in [2.75, 3.05) is 18.2 Å². The van der Waals surface area contributed by atoms with Gasteiger partial charge in [-0.15, -0.1) is 5.10 Å². The quantitative estimate of drug-likeness (QED) is 0.453. The standard InChI is InChI=1S/C22H24N4O3S/c1-22(2,3)16-10-8-14(9-11-16)19-24-21(26-25-19)30-13-18(27)23-17-7-5-6-15(12-17)20(28)29-4/h5-12H,13H2,1-4H3,(H,23,27)(H,24,25,26). The van der Waals surface area contributed by atoms with Crippen LogP contribution in [0.2, 0.25) is 0 Å². The molecule has 3 rings (SSSR count). The van der Waals surface area contributed by atoms with Crippen LogP contribution in [0.5, 0.6) is 0 Å². The molecule has 0 saturated heterocycles. The molecule has 0 aliphatic rings. The lowest BCUT2D eigenvalue weighted by molar-refractivity contribution is -0.113. The summed E-state index contributed by atoms with van der Waals surface area (Å²) in [5.74, 6) is 0.124. The number of nitrogens with one attached hydrogen (secondary N) is 2. The average Bonchev–Trinajstić information content (AvgIpc) is 3.20. The van der Waals surface area contributed by atoms with Crippen molar-refractivity contribution in [2.45, 2.75) is 31.3 Å². The van der Waals surface area contributed by atoms with Crippen LogP contribution in [0.1, 0.15) is 36.7 Å². The molecule has 0 spiro atoms. The van der Waals surface area contributed by atoms with Gasteiger partial charge >= 0.3 is 5.97 Å². The molecule has 0 unspecified atom stereocenters. The van der Waals surface area contributed by atoms with Crippen molar-refractivity contribution in [3.63, 3.8) is 0 Å². The third kappa shape index (κ3) is 5.48. The first kappa shape index (κ1) is 21.6. The Labute approximate surface area is 179 Å². The fourth-order valence-electron chi connectivity index (χ4n) is 2.74. The number of nitrogens with zero attached hydrogens (tertiary/aromatic N) is 2. The molecule has 1 heterocycles. The highest BCUT2D eigenvalue weighted by Gasteiger charge is 2.14. The Hall–Kier alpha value is -3.13. The van der Waals surface area contributed by atoms with E-state index in [-0.39, 0.29) is 17.1 Å². The zero-order valence-corrected chi connectivity index (χ0v) is 18.2. The number of methoxy groups -OCH3 is 1. The molecule has 0 atom stereocenters. The summed E-state index contributed by atoms with van der Waals surface area (Å²) in [4.78, 5) is 28.3. The van der Waals surface area contributed by atoms with Crippen LogP contribution in [-0.2, 0) is 14.9 Å². The lowest BCUT2D eigenvalue weighted by atomic mass is 9.87. The van der Waals surface area contributed by atoms with Gasteiger partial charge in [-0.25, -0.2) is 9.78 Å². The number of esters is 1. The van der Waals surface area contributed by atoms with Gasteiger partial charge in [0.05, 0.1) is 18.4 Å². The van der Waals surface area contributed by atoms with E-state index in [0.29, 0.717) is 22.2 Å². The zero-order valence-electron chi connectivity index (χ0n) is 17.4. The molecule has 7 nitrogen and oxygen atoms in total. The van der Waals surface area contributed by atoms with Gasteiger partial charge in [-0.3, -0.25) is 9.89 Å². The summed E-state index contributed by atoms with van der Waals surface area (Å²) >= 11 is 1.23. The van der Waals surface area contributed by atoms with Crippen LogP contribution >= 0.6 is 11.8 Å². The van der Waals surface area contributed by atoms with Crippen LogP contribution in [0.4, 0.5) is 5.69 Å². The van der Waals surface area contributed by atoms with Gasteiger partial charge in [0, 0.05) is 11.3 Å². The Kier molecular flexibility index (Phi) is 6.56. The number of hydrogen-bond donors (Lipinski definition) is 2. The maximum absolute atomic E-state index is 12.2. The number of ether oxygens (including phenoxy) is 1. The number of H-pyrrole nitrogens is 1. The number of rotatable bonds is 6. The molecular formula is C22H24N4O3S. The molecule has 0 aliphatic carbocycles. The largest absolute Gasteiger partial charge is 0.465 e. The Morgan fingerprint density at radius 3 is 2.53 bits per heavy atom. The molecule has 0 radical (unpaired) electrons. The van der Waals surface area contributed by atoms with Crippen LogP contribution in [0.3, 0.4) is 0 Å². The van der Waals surface area contributed by atoms with Crippen LogP contribution in [0.25, 0.3) is 11.4 Å². The number of amides is 1. The minimum atomic E-state index is -0.454. The molecule has 0 fully saturated rings. The fraction of sp³-hybridized carbons (Fsp3) is 0.273. The smallest absolute Gasteiger partial charge is 0.337 e. The number of thioether (sulfide) groups is 1. The molecule has 2 aromatic carbocycles. The highest BCUT2D eigenvalue weighted by atomic mass is 32.2. The number of hydrogen-bond acceptors (Lipinski definition) is 6. The molecule has 1 amide bonds. The molecule has 0 aliphatic heterocycles. The lowest BCUT2D eigenvalue weighted by Gasteiger charge is -2.18. The van der Waals surface area contributed by atoms with Gasteiger partial charge < -0.3 is 10.1 Å². The first-order valence-electron chi connectivity index (χ1n) is 9.40. The molecule has 3 aromatic rings. The second-order valence-corrected chi connectivity index (χ2v) is 8.65. The summed E-state index contributed by atoms with van der Waals surface area (Å²) in [7, 11) is 1.31. The monoisotopic (exact) mass is 424 g/mol. The highest BCUT2D eigenvalue weighted by molar-refractivity contribution is 7.99. The van der Waals surface area contributed by atoms with Crippen molar-refractivity contribution in [1.82, 2.24) is 15.2 Å². The summed E-state index contributed by atoms with van der Waals surface area (Å²) in [6.07, 6.45) is 0. The number of aromatic amines is 1. The fourth-order valence-corrected chi connectivity index (χ4v) is 3.34. The normalized spacial score (nSPS) is 11.2. The second kappa shape index (κ2) is 9.13. The van der Waals surface area contributed by atoms with Gasteiger partial charge in [-0.1, -0.05) is 62.9 Å². The minimum absolute atomic E-state index is 0.0880. The summed E-state index contributed by atoms with van der Waals surface area (Å²) < 4.78 is 4.69. The van der Waals surface area contributed by atoms with Crippen molar-refractivity contribution < 1.29 is 14.3 Å². The predicted molar refractivity (Wildman–Crippen MR) is 118 cm³/mol. The van der Waals surface area contributed by atoms with E-state index in [1.54, 1.807) is 24.3 Å². The first-order chi connectivity index (χ1) is 14.3. The van der Waals surface area contributed by atoms with Crippen LogP contribution in [0, 0.1) is 0 Å². The molecule has 156 valence electrons. The predicted octanol–water partition coefficient (Wildman–Crippen LogP) is 4.29. The number of carbonyl (C=O) groups is 2. The summed E-state index contributed by atoms with van der Waals surface area (Å²) in [5, 5.41) is 10.3. The molecule has 1 aromatic heterocycles. The topological polar surface area (TPSA) is 97.0 Å². The molecule has 0 bridgehead atoms. The summed E-state index contributed by atoms with van der Waals surface area (Å²) in [6.45, 7) is 6.51. The Morgan fingerprint density at radius 2 is 1.87 bits per heavy atom. The number of anilines is 1. The zero-order chi connectivity index (χ0) is 21.7. The van der Waals surface area contributed by atoms with E-state index < -0.39 is 5.97 Å². The maximum Gasteiger partial charge on any atom is 0.337 e. The summed E-state index contributed by atoms with van der Waals surface area (Å²) in [6, 6.07) is 14.8. The van der Waals surface area contributed by atoms with E-state index in [9.17, 15) is 9.59 Å². The van der Waals surface area contributed by atoms with Crippen molar-refractivity contribution >= 4 is 29.3 Å². The molecule has 8 heteroatoms. The second-order valence-electron chi connectivity index (χ2n) is 7.70. The highest BCUT2D eigenvalue weighted by Crippen LogP contribution is 2.25. The Balaban J connectivity index is 1.58. The molecule has 30 heavy (non-hydrogen) atoms. The van der Waals surface area contributed by atoms with Gasteiger partial charge in [0.15, 0.2) is 5.82 Å². The van der Waals surface area contributed by atoms with Gasteiger partial charge in [-0.2, -0.15) is 0 Å². The van der Waals surface area contributed by atoms with E-state index >= 15 is 0 Å². The third-order valence-corrected chi connectivity index (χ3v) is 5.24. The lowest BCUT2D eigenvalue weighted by Crippen LogP contribution is -2.14. The van der Waals surface area contributed by atoms with Crippen molar-refractivity contribution in [3.05, 3.63) is 59.7 Å². The van der Waals surface area contributed by atoms with E-state index in [1.165, 1.54) is 24.4 Å². The van der Waals surface area contributed by atoms with E-state index in [0.717, 1.165) is 5.56 Å². The van der Waals surface area contributed by atoms with Gasteiger partial charge in [0.25, 0.3) is 0 Å². The Bertz CT molecular complexity index is 1040. The van der Waals surface area contributed by atoms with Gasteiger partial charge in [-0.05, 0) is 29.2 Å². The first-order valence-corrected chi connectivity index (χ1v) is 10.4. The number of benzene rings is 2. The van der Waals surface area contributed by atoms with Gasteiger partial charge in [0.2, 0.25) is 11.1 Å². The van der Waals surface area contributed by atoms with Crippen LogP contribution in [-0.4, -0.2) is 39.9 Å². The van der Waals surface area contributed by atoms with Crippen molar-refractivity contribution in [2.24, 2.45) is 0 Å². The van der Waals surface area contributed by atoms with Crippen molar-refractivity contribution in [1.29, 1.82) is 0 Å². The van der Waals surface area contributed by atoms with Crippen LogP contribution < -0.4 is 5.32 Å². The average molecular weight is 425 g/mol. The Morgan fingerprint density at radius 1 is 1.13 bits per heavy atom. The minimum Gasteiger partial charge on any atom is -0.465 e. The molecule has 2 N–H and O–H groups in total. The van der Waals surface area contributed by atoms with E-state index in [4.69, 9.17) is 0 Å². The third-order valence-electron chi connectivity index (χ3n) is 4.39. The number of carbonyl (C=O) groups excluding carboxylic acids is 2.